The molecule has 100 valence electrons. The highest BCUT2D eigenvalue weighted by molar-refractivity contribution is 7.99. The number of nitrogens with zero attached hydrogens (tertiary/aromatic N) is 3. The first-order valence-corrected chi connectivity index (χ1v) is 7.12. The number of aromatic nitrogens is 3. The Morgan fingerprint density at radius 1 is 1.05 bits per heavy atom. The van der Waals surface area contributed by atoms with Crippen molar-refractivity contribution in [2.45, 2.75) is 31.3 Å². The molecule has 1 heterocycles. The van der Waals surface area contributed by atoms with Gasteiger partial charge in [-0.25, -0.2) is 4.98 Å². The smallest absolute Gasteiger partial charge is 0.223 e. The molecule has 0 atom stereocenters. The van der Waals surface area contributed by atoms with Crippen molar-refractivity contribution in [3.05, 3.63) is 36.2 Å². The van der Waals surface area contributed by atoms with Gasteiger partial charge >= 0.3 is 0 Å². The minimum absolute atomic E-state index is 0.175. The maximum Gasteiger partial charge on any atom is 0.223 e. The third kappa shape index (κ3) is 4.21. The van der Waals surface area contributed by atoms with E-state index in [4.69, 9.17) is 5.73 Å². The summed E-state index contributed by atoms with van der Waals surface area (Å²) in [7, 11) is 0. The van der Waals surface area contributed by atoms with E-state index in [0.717, 1.165) is 17.1 Å². The van der Waals surface area contributed by atoms with E-state index in [0.29, 0.717) is 5.82 Å². The van der Waals surface area contributed by atoms with Crippen LogP contribution in [0.1, 0.15) is 26.6 Å². The van der Waals surface area contributed by atoms with E-state index in [1.165, 1.54) is 0 Å². The Morgan fingerprint density at radius 3 is 2.37 bits per heavy atom. The van der Waals surface area contributed by atoms with Crippen molar-refractivity contribution in [1.29, 1.82) is 0 Å². The summed E-state index contributed by atoms with van der Waals surface area (Å²) in [5, 5.41) is 0. The Hall–Kier alpha value is -1.62. The Balaban J connectivity index is 2.25. The normalized spacial score (nSPS) is 11.5. The highest BCUT2D eigenvalue weighted by Crippen LogP contribution is 2.26. The molecule has 0 unspecified atom stereocenters. The average molecular weight is 274 g/mol. The lowest BCUT2D eigenvalue weighted by Gasteiger charge is -2.16. The number of rotatable bonds is 3. The van der Waals surface area contributed by atoms with Crippen LogP contribution < -0.4 is 5.73 Å². The van der Waals surface area contributed by atoms with E-state index < -0.39 is 0 Å². The van der Waals surface area contributed by atoms with Gasteiger partial charge in [0, 0.05) is 10.3 Å². The van der Waals surface area contributed by atoms with Crippen LogP contribution in [-0.4, -0.2) is 19.7 Å². The Labute approximate surface area is 117 Å². The molecule has 0 spiro atoms. The van der Waals surface area contributed by atoms with Crippen LogP contribution in [0, 0.1) is 0 Å². The summed E-state index contributed by atoms with van der Waals surface area (Å²) in [6.45, 7) is 6.50. The lowest BCUT2D eigenvalue weighted by atomic mass is 10.2. The first-order valence-electron chi connectivity index (χ1n) is 6.14. The van der Waals surface area contributed by atoms with Gasteiger partial charge in [-0.15, -0.1) is 11.8 Å². The van der Waals surface area contributed by atoms with E-state index in [1.807, 2.05) is 30.3 Å². The molecule has 0 saturated heterocycles. The Kier molecular flexibility index (Phi) is 4.04. The molecule has 0 aliphatic carbocycles. The molecule has 0 radical (unpaired) electrons. The number of benzene rings is 1. The SMILES string of the molecule is CC(C)(C)SCc1nc(N)nc(-c2ccccc2)n1. The van der Waals surface area contributed by atoms with Gasteiger partial charge in [-0.05, 0) is 0 Å². The lowest BCUT2D eigenvalue weighted by Crippen LogP contribution is -2.10. The Bertz CT molecular complexity index is 549. The monoisotopic (exact) mass is 274 g/mol. The van der Waals surface area contributed by atoms with Crippen molar-refractivity contribution in [3.63, 3.8) is 0 Å². The molecule has 19 heavy (non-hydrogen) atoms. The number of nitrogen functional groups attached to an aromatic ring is 1. The Morgan fingerprint density at radius 2 is 1.74 bits per heavy atom. The zero-order chi connectivity index (χ0) is 13.9. The second kappa shape index (κ2) is 5.57. The number of thioether (sulfide) groups is 1. The summed E-state index contributed by atoms with van der Waals surface area (Å²) in [6, 6.07) is 9.81. The highest BCUT2D eigenvalue weighted by atomic mass is 32.2. The minimum Gasteiger partial charge on any atom is -0.368 e. The molecule has 2 N–H and O–H groups in total. The third-order valence-corrected chi connectivity index (χ3v) is 3.63. The van der Waals surface area contributed by atoms with Crippen molar-refractivity contribution in [2.24, 2.45) is 0 Å². The summed E-state index contributed by atoms with van der Waals surface area (Å²) in [6.07, 6.45) is 0. The molecule has 1 aromatic carbocycles. The molecule has 1 aromatic heterocycles. The molecule has 0 fully saturated rings. The highest BCUT2D eigenvalue weighted by Gasteiger charge is 2.13. The molecule has 0 aliphatic rings. The fourth-order valence-electron chi connectivity index (χ4n) is 1.50. The van der Waals surface area contributed by atoms with Crippen molar-refractivity contribution < 1.29 is 0 Å². The molecule has 0 bridgehead atoms. The molecule has 0 aliphatic heterocycles. The van der Waals surface area contributed by atoms with Crippen molar-refractivity contribution in [1.82, 2.24) is 15.0 Å². The molecule has 4 nitrogen and oxygen atoms in total. The summed E-state index contributed by atoms with van der Waals surface area (Å²) in [5.41, 5.74) is 6.72. The minimum atomic E-state index is 0.175. The number of anilines is 1. The van der Waals surface area contributed by atoms with Crippen molar-refractivity contribution >= 4 is 17.7 Å². The van der Waals surface area contributed by atoms with Crippen LogP contribution in [0.25, 0.3) is 11.4 Å². The van der Waals surface area contributed by atoms with Crippen LogP contribution in [0.4, 0.5) is 5.95 Å². The van der Waals surface area contributed by atoms with E-state index in [9.17, 15) is 0 Å². The van der Waals surface area contributed by atoms with Crippen LogP contribution in [0.2, 0.25) is 0 Å². The first kappa shape index (κ1) is 13.8. The third-order valence-electron chi connectivity index (χ3n) is 2.37. The number of nitrogens with two attached hydrogens (primary N) is 1. The van der Waals surface area contributed by atoms with Crippen LogP contribution in [0.5, 0.6) is 0 Å². The van der Waals surface area contributed by atoms with Gasteiger partial charge < -0.3 is 5.73 Å². The van der Waals surface area contributed by atoms with Crippen LogP contribution in [0.3, 0.4) is 0 Å². The second-order valence-corrected chi connectivity index (χ2v) is 7.00. The van der Waals surface area contributed by atoms with Gasteiger partial charge in [-0.1, -0.05) is 51.1 Å². The van der Waals surface area contributed by atoms with E-state index >= 15 is 0 Å². The average Bonchev–Trinajstić information content (AvgIpc) is 2.36. The van der Waals surface area contributed by atoms with Crippen LogP contribution in [-0.2, 0) is 5.75 Å². The van der Waals surface area contributed by atoms with Crippen LogP contribution in [0.15, 0.2) is 30.3 Å². The lowest BCUT2D eigenvalue weighted by molar-refractivity contribution is 0.799. The summed E-state index contributed by atoms with van der Waals surface area (Å²) >= 11 is 1.79. The van der Waals surface area contributed by atoms with Gasteiger partial charge in [-0.2, -0.15) is 9.97 Å². The van der Waals surface area contributed by atoms with Gasteiger partial charge in [0.15, 0.2) is 5.82 Å². The number of hydrogen-bond acceptors (Lipinski definition) is 5. The molecule has 0 saturated carbocycles. The summed E-state index contributed by atoms with van der Waals surface area (Å²) in [5.74, 6) is 2.37. The zero-order valence-electron chi connectivity index (χ0n) is 11.4. The van der Waals surface area contributed by atoms with Crippen molar-refractivity contribution in [2.75, 3.05) is 5.73 Å². The molecule has 0 amide bonds. The van der Waals surface area contributed by atoms with Gasteiger partial charge in [0.2, 0.25) is 5.95 Å². The quantitative estimate of drug-likeness (QED) is 0.931. The van der Waals surface area contributed by atoms with E-state index in [1.54, 1.807) is 11.8 Å². The predicted molar refractivity (Wildman–Crippen MR) is 80.7 cm³/mol. The van der Waals surface area contributed by atoms with Crippen molar-refractivity contribution in [3.8, 4) is 11.4 Å². The largest absolute Gasteiger partial charge is 0.368 e. The second-order valence-electron chi connectivity index (χ2n) is 5.20. The van der Waals surface area contributed by atoms with Gasteiger partial charge in [0.1, 0.15) is 5.82 Å². The molecule has 5 heteroatoms. The molecule has 2 aromatic rings. The summed E-state index contributed by atoms with van der Waals surface area (Å²) in [4.78, 5) is 12.9. The molecule has 2 rings (SSSR count). The maximum atomic E-state index is 5.76. The molecular formula is C14H18N4S. The van der Waals surface area contributed by atoms with E-state index in [2.05, 4.69) is 35.7 Å². The number of hydrogen-bond donors (Lipinski definition) is 1. The molecular weight excluding hydrogens is 256 g/mol. The standard InChI is InChI=1S/C14H18N4S/c1-14(2,3)19-9-11-16-12(18-13(15)17-11)10-7-5-4-6-8-10/h4-8H,9H2,1-3H3,(H2,15,16,17,18). The van der Waals surface area contributed by atoms with Gasteiger partial charge in [0.25, 0.3) is 0 Å². The van der Waals surface area contributed by atoms with Gasteiger partial charge in [0.05, 0.1) is 5.75 Å². The summed E-state index contributed by atoms with van der Waals surface area (Å²) < 4.78 is 0.175. The van der Waals surface area contributed by atoms with Crippen LogP contribution >= 0.6 is 11.8 Å². The zero-order valence-corrected chi connectivity index (χ0v) is 12.2. The van der Waals surface area contributed by atoms with E-state index in [-0.39, 0.29) is 10.7 Å². The van der Waals surface area contributed by atoms with Gasteiger partial charge in [-0.3, -0.25) is 0 Å². The first-order chi connectivity index (χ1) is 8.94. The maximum absolute atomic E-state index is 5.76. The topological polar surface area (TPSA) is 64.7 Å². The predicted octanol–water partition coefficient (Wildman–Crippen LogP) is 3.15. The fraction of sp³-hybridized carbons (Fsp3) is 0.357. The fourth-order valence-corrected chi connectivity index (χ4v) is 2.19.